The molecule has 19 heteroatoms. The summed E-state index contributed by atoms with van der Waals surface area (Å²) in [6.45, 7) is 1.68. The van der Waals surface area contributed by atoms with E-state index in [-0.39, 0.29) is 18.9 Å². The van der Waals surface area contributed by atoms with Crippen molar-refractivity contribution in [2.45, 2.75) is 330 Å². The van der Waals surface area contributed by atoms with Crippen molar-refractivity contribution >= 4 is 5.91 Å². The average Bonchev–Trinajstić information content (AvgIpc) is 2.99. The summed E-state index contributed by atoms with van der Waals surface area (Å²) in [7, 11) is 0. The van der Waals surface area contributed by atoms with Crippen LogP contribution in [-0.2, 0) is 33.2 Å². The molecular formula is C65H117NO18. The van der Waals surface area contributed by atoms with E-state index in [0.717, 1.165) is 44.9 Å². The van der Waals surface area contributed by atoms with Crippen molar-refractivity contribution in [3.63, 3.8) is 0 Å². The molecule has 0 aromatic rings. The first-order chi connectivity index (χ1) is 40.8. The highest BCUT2D eigenvalue weighted by Gasteiger charge is 2.53. The molecule has 0 radical (unpaired) electrons. The number of hydrogen-bond donors (Lipinski definition) is 12. The Labute approximate surface area is 503 Å². The number of aliphatic hydroxyl groups excluding tert-OH is 11. The summed E-state index contributed by atoms with van der Waals surface area (Å²) >= 11 is 0. The van der Waals surface area contributed by atoms with Crippen LogP contribution in [0.2, 0.25) is 0 Å². The molecule has 0 aliphatic carbocycles. The summed E-state index contributed by atoms with van der Waals surface area (Å²) in [5.74, 6) is -0.290. The van der Waals surface area contributed by atoms with Gasteiger partial charge in [-0.15, -0.1) is 0 Å². The Morgan fingerprint density at radius 3 is 1.20 bits per heavy atom. The molecule has 3 aliphatic rings. The van der Waals surface area contributed by atoms with Gasteiger partial charge in [-0.25, -0.2) is 0 Å². The molecule has 17 atom stereocenters. The average molecular weight is 1200 g/mol. The fourth-order valence-corrected chi connectivity index (χ4v) is 10.9. The van der Waals surface area contributed by atoms with Crippen LogP contribution >= 0.6 is 0 Å². The first-order valence-electron chi connectivity index (χ1n) is 32.9. The summed E-state index contributed by atoms with van der Waals surface area (Å²) in [5, 5.41) is 120. The van der Waals surface area contributed by atoms with Crippen molar-refractivity contribution in [2.24, 2.45) is 0 Å². The van der Waals surface area contributed by atoms with Crippen LogP contribution in [0, 0.1) is 0 Å². The Hall–Kier alpha value is -2.25. The maximum absolute atomic E-state index is 13.4. The second-order valence-electron chi connectivity index (χ2n) is 23.6. The van der Waals surface area contributed by atoms with Gasteiger partial charge in [0.2, 0.25) is 5.91 Å². The number of amides is 1. The van der Waals surface area contributed by atoms with Gasteiger partial charge < -0.3 is 89.9 Å². The number of unbranched alkanes of at least 4 members (excludes halogenated alkanes) is 27. The summed E-state index contributed by atoms with van der Waals surface area (Å²) in [5.41, 5.74) is 0. The van der Waals surface area contributed by atoms with Crippen molar-refractivity contribution in [2.75, 3.05) is 26.4 Å². The minimum atomic E-state index is -1.98. The lowest BCUT2D eigenvalue weighted by atomic mass is 9.96. The maximum atomic E-state index is 13.4. The lowest BCUT2D eigenvalue weighted by Crippen LogP contribution is -2.66. The molecule has 490 valence electrons. The maximum Gasteiger partial charge on any atom is 0.220 e. The van der Waals surface area contributed by atoms with Gasteiger partial charge in [-0.1, -0.05) is 197 Å². The zero-order valence-electron chi connectivity index (χ0n) is 51.4. The molecule has 3 aliphatic heterocycles. The Balaban J connectivity index is 1.44. The molecule has 0 bridgehead atoms. The fraction of sp³-hybridized carbons (Fsp3) is 0.862. The van der Waals surface area contributed by atoms with Crippen molar-refractivity contribution in [1.29, 1.82) is 0 Å². The van der Waals surface area contributed by atoms with E-state index >= 15 is 0 Å². The van der Waals surface area contributed by atoms with E-state index in [9.17, 15) is 61.0 Å². The van der Waals surface area contributed by atoms with Crippen LogP contribution in [0.4, 0.5) is 0 Å². The van der Waals surface area contributed by atoms with Crippen LogP contribution in [-0.4, -0.2) is 193 Å². The number of ether oxygens (including phenoxy) is 6. The van der Waals surface area contributed by atoms with Gasteiger partial charge in [0.15, 0.2) is 18.9 Å². The number of carbonyl (C=O) groups excluding carboxylic acids is 1. The molecular weight excluding hydrogens is 1080 g/mol. The molecule has 1 amide bonds. The molecule has 84 heavy (non-hydrogen) atoms. The van der Waals surface area contributed by atoms with E-state index < -0.39 is 124 Å². The molecule has 3 rings (SSSR count). The minimum Gasteiger partial charge on any atom is -0.394 e. The molecule has 3 saturated heterocycles. The molecule has 3 fully saturated rings. The second-order valence-corrected chi connectivity index (χ2v) is 23.6. The standard InChI is InChI=1S/C65H117NO18/c1-3-5-7-9-11-13-15-17-19-20-21-22-23-24-25-26-27-28-29-31-33-35-37-39-41-43-53(71)66-48(49(70)42-40-38-36-34-32-30-18-16-14-12-10-8-6-4-2)47-79-63-59(77)56(74)61(51(45-68)81-63)84-65-60(78)57(75)62(52(46-69)82-65)83-64-58(76)55(73)54(72)50(44-67)80-64/h14,16,20-21,32,34,40,42,48-52,54-65,67-70,72-78H,3-13,15,17-19,22-31,33,35-39,41,43-47H2,1-2H3,(H,66,71)/b16-14+,21-20-,34-32+,42-40+. The topological polar surface area (TPSA) is 307 Å². The number of nitrogens with one attached hydrogen (secondary N) is 1. The molecule has 19 nitrogen and oxygen atoms in total. The monoisotopic (exact) mass is 1200 g/mol. The molecule has 12 N–H and O–H groups in total. The number of rotatable bonds is 49. The lowest BCUT2D eigenvalue weighted by Gasteiger charge is -2.48. The minimum absolute atomic E-state index is 0.232. The van der Waals surface area contributed by atoms with Crippen molar-refractivity contribution in [3.05, 3.63) is 48.6 Å². The molecule has 0 aromatic carbocycles. The number of hydrogen-bond acceptors (Lipinski definition) is 18. The van der Waals surface area contributed by atoms with Gasteiger partial charge >= 0.3 is 0 Å². The molecule has 0 aromatic heterocycles. The Kier molecular flexibility index (Phi) is 43.2. The largest absolute Gasteiger partial charge is 0.394 e. The van der Waals surface area contributed by atoms with E-state index in [4.69, 9.17) is 28.4 Å². The van der Waals surface area contributed by atoms with Crippen LogP contribution in [0.5, 0.6) is 0 Å². The van der Waals surface area contributed by atoms with Crippen molar-refractivity contribution in [3.8, 4) is 0 Å². The van der Waals surface area contributed by atoms with Gasteiger partial charge in [0.05, 0.1) is 38.6 Å². The summed E-state index contributed by atoms with van der Waals surface area (Å²) in [6, 6.07) is -0.996. The van der Waals surface area contributed by atoms with E-state index in [1.807, 2.05) is 6.08 Å². The Morgan fingerprint density at radius 1 is 0.417 bits per heavy atom. The molecule has 0 saturated carbocycles. The highest BCUT2D eigenvalue weighted by Crippen LogP contribution is 2.33. The van der Waals surface area contributed by atoms with Crippen LogP contribution in [0.3, 0.4) is 0 Å². The zero-order valence-corrected chi connectivity index (χ0v) is 51.4. The van der Waals surface area contributed by atoms with Crippen molar-refractivity contribution < 1.29 is 89.4 Å². The predicted molar refractivity (Wildman–Crippen MR) is 323 cm³/mol. The highest BCUT2D eigenvalue weighted by molar-refractivity contribution is 5.76. The third kappa shape index (κ3) is 30.3. The van der Waals surface area contributed by atoms with E-state index in [0.29, 0.717) is 12.8 Å². The predicted octanol–water partition coefficient (Wildman–Crippen LogP) is 7.43. The Bertz CT molecular complexity index is 1720. The van der Waals surface area contributed by atoms with Crippen molar-refractivity contribution in [1.82, 2.24) is 5.32 Å². The van der Waals surface area contributed by atoms with E-state index in [2.05, 4.69) is 55.6 Å². The normalized spacial score (nSPS) is 29.5. The van der Waals surface area contributed by atoms with Gasteiger partial charge in [-0.3, -0.25) is 4.79 Å². The lowest BCUT2D eigenvalue weighted by molar-refractivity contribution is -0.379. The molecule has 17 unspecified atom stereocenters. The third-order valence-electron chi connectivity index (χ3n) is 16.3. The molecule has 0 spiro atoms. The SMILES string of the molecule is CCCCCC/C=C/CC/C=C/CC/C=C/C(O)C(COC1OC(CO)C(OC2OC(CO)C(OC3OC(CO)C(O)C(O)C3O)C(O)C2O)C(O)C1O)NC(=O)CCCCCCCCCCCCCCC/C=C\CCCCCCCCCC. The van der Waals surface area contributed by atoms with Gasteiger partial charge in [0.1, 0.15) is 73.2 Å². The Morgan fingerprint density at radius 2 is 0.762 bits per heavy atom. The van der Waals surface area contributed by atoms with Crippen LogP contribution in [0.25, 0.3) is 0 Å². The van der Waals surface area contributed by atoms with Crippen LogP contribution < -0.4 is 5.32 Å². The van der Waals surface area contributed by atoms with E-state index in [1.165, 1.54) is 148 Å². The highest BCUT2D eigenvalue weighted by atomic mass is 16.8. The fourth-order valence-electron chi connectivity index (χ4n) is 10.9. The van der Waals surface area contributed by atoms with Gasteiger partial charge in [-0.05, 0) is 70.6 Å². The summed E-state index contributed by atoms with van der Waals surface area (Å²) in [6.07, 6.45) is 28.1. The third-order valence-corrected chi connectivity index (χ3v) is 16.3. The molecule has 3 heterocycles. The first kappa shape index (κ1) is 76.0. The van der Waals surface area contributed by atoms with E-state index in [1.54, 1.807) is 6.08 Å². The van der Waals surface area contributed by atoms with Crippen LogP contribution in [0.15, 0.2) is 48.6 Å². The smallest absolute Gasteiger partial charge is 0.220 e. The first-order valence-corrected chi connectivity index (χ1v) is 32.9. The zero-order chi connectivity index (χ0) is 61.2. The van der Waals surface area contributed by atoms with Crippen LogP contribution in [0.1, 0.15) is 226 Å². The number of aliphatic hydroxyl groups is 11. The number of carbonyl (C=O) groups is 1. The van der Waals surface area contributed by atoms with Gasteiger partial charge in [0.25, 0.3) is 0 Å². The van der Waals surface area contributed by atoms with Gasteiger partial charge in [0, 0.05) is 6.42 Å². The summed E-state index contributed by atoms with van der Waals surface area (Å²) in [4.78, 5) is 13.4. The summed E-state index contributed by atoms with van der Waals surface area (Å²) < 4.78 is 34.3. The quantitative estimate of drug-likeness (QED) is 0.0208. The van der Waals surface area contributed by atoms with Gasteiger partial charge in [-0.2, -0.15) is 0 Å². The number of allylic oxidation sites excluding steroid dienone is 7. The second kappa shape index (κ2) is 47.7.